The number of nitrogens with zero attached hydrogens (tertiary/aromatic N) is 3. The van der Waals surface area contributed by atoms with Gasteiger partial charge in [0.2, 0.25) is 0 Å². The highest BCUT2D eigenvalue weighted by Gasteiger charge is 2.33. The van der Waals surface area contributed by atoms with Gasteiger partial charge in [-0.1, -0.05) is 0 Å². The monoisotopic (exact) mass is 267 g/mol. The number of aromatic nitrogens is 2. The van der Waals surface area contributed by atoms with E-state index in [1.54, 1.807) is 15.8 Å². The molecule has 2 heterocycles. The van der Waals surface area contributed by atoms with Crippen molar-refractivity contribution in [2.45, 2.75) is 44.9 Å². The van der Waals surface area contributed by atoms with E-state index >= 15 is 0 Å². The Hall–Kier alpha value is -1.56. The molecule has 19 heavy (non-hydrogen) atoms. The normalized spacial score (nSPS) is 24.3. The Bertz CT molecular complexity index is 425. The fourth-order valence-corrected chi connectivity index (χ4v) is 2.20. The summed E-state index contributed by atoms with van der Waals surface area (Å²) < 4.78 is 7.05. The summed E-state index contributed by atoms with van der Waals surface area (Å²) in [6, 6.07) is 1.75. The number of amides is 1. The van der Waals surface area contributed by atoms with Gasteiger partial charge in [-0.05, 0) is 33.3 Å². The molecule has 2 rings (SSSR count). The third-order valence-electron chi connectivity index (χ3n) is 3.06. The largest absolute Gasteiger partial charge is 0.444 e. The van der Waals surface area contributed by atoms with Crippen LogP contribution < -0.4 is 0 Å². The van der Waals surface area contributed by atoms with E-state index in [1.165, 1.54) is 0 Å². The maximum Gasteiger partial charge on any atom is 0.410 e. The zero-order valence-electron chi connectivity index (χ0n) is 11.6. The van der Waals surface area contributed by atoms with Crippen LogP contribution in [0.25, 0.3) is 0 Å². The lowest BCUT2D eigenvalue weighted by atomic mass is 10.0. The fraction of sp³-hybridized carbons (Fsp3) is 0.692. The van der Waals surface area contributed by atoms with Gasteiger partial charge in [0.25, 0.3) is 0 Å². The summed E-state index contributed by atoms with van der Waals surface area (Å²) in [5.41, 5.74) is -0.513. The number of aliphatic hydroxyl groups excluding tert-OH is 1. The van der Waals surface area contributed by atoms with Gasteiger partial charge in [0.15, 0.2) is 0 Å². The van der Waals surface area contributed by atoms with Crippen LogP contribution in [0.4, 0.5) is 4.79 Å². The standard InChI is InChI=1S/C13H21N3O3/c1-13(2,3)19-12(18)15-8-5-10(11(17)9-15)16-7-4-6-14-16/h4,6-7,10-11,17H,5,8-9H2,1-3H3. The summed E-state index contributed by atoms with van der Waals surface area (Å²) in [6.45, 7) is 6.34. The lowest BCUT2D eigenvalue weighted by Crippen LogP contribution is -2.48. The van der Waals surface area contributed by atoms with Crippen LogP contribution in [0.15, 0.2) is 18.5 Å². The number of hydrogen-bond donors (Lipinski definition) is 1. The third kappa shape index (κ3) is 3.47. The van der Waals surface area contributed by atoms with E-state index in [-0.39, 0.29) is 18.7 Å². The van der Waals surface area contributed by atoms with Crippen LogP contribution in [-0.2, 0) is 4.74 Å². The minimum atomic E-state index is -0.624. The first-order chi connectivity index (χ1) is 8.87. The van der Waals surface area contributed by atoms with Gasteiger partial charge < -0.3 is 14.7 Å². The molecular weight excluding hydrogens is 246 g/mol. The van der Waals surface area contributed by atoms with Crippen molar-refractivity contribution in [2.75, 3.05) is 13.1 Å². The Labute approximate surface area is 113 Å². The first kappa shape index (κ1) is 13.9. The number of likely N-dealkylation sites (tertiary alicyclic amines) is 1. The summed E-state index contributed by atoms with van der Waals surface area (Å²) in [5, 5.41) is 14.3. The number of rotatable bonds is 1. The smallest absolute Gasteiger partial charge is 0.410 e. The van der Waals surface area contributed by atoms with E-state index in [0.717, 1.165) is 0 Å². The summed E-state index contributed by atoms with van der Waals surface area (Å²) in [6.07, 6.45) is 3.19. The lowest BCUT2D eigenvalue weighted by Gasteiger charge is -2.36. The van der Waals surface area contributed by atoms with E-state index in [9.17, 15) is 9.90 Å². The zero-order valence-corrected chi connectivity index (χ0v) is 11.6. The van der Waals surface area contributed by atoms with E-state index in [1.807, 2.05) is 33.0 Å². The van der Waals surface area contributed by atoms with Crippen molar-refractivity contribution >= 4 is 6.09 Å². The van der Waals surface area contributed by atoms with Gasteiger partial charge in [-0.25, -0.2) is 4.79 Å². The Morgan fingerprint density at radius 3 is 2.74 bits per heavy atom. The molecule has 1 N–H and O–H groups in total. The highest BCUT2D eigenvalue weighted by Crippen LogP contribution is 2.23. The molecule has 1 aromatic heterocycles. The SMILES string of the molecule is CC(C)(C)OC(=O)N1CCC(n2cccn2)C(O)C1. The Balaban J connectivity index is 1.95. The highest BCUT2D eigenvalue weighted by molar-refractivity contribution is 5.68. The highest BCUT2D eigenvalue weighted by atomic mass is 16.6. The summed E-state index contributed by atoms with van der Waals surface area (Å²) in [4.78, 5) is 13.5. The first-order valence-electron chi connectivity index (χ1n) is 6.52. The maximum absolute atomic E-state index is 11.9. The van der Waals surface area contributed by atoms with Crippen LogP contribution in [0.3, 0.4) is 0 Å². The minimum Gasteiger partial charge on any atom is -0.444 e. The van der Waals surface area contributed by atoms with E-state index < -0.39 is 11.7 Å². The van der Waals surface area contributed by atoms with Crippen LogP contribution >= 0.6 is 0 Å². The number of hydrogen-bond acceptors (Lipinski definition) is 4. The van der Waals surface area contributed by atoms with Crippen molar-refractivity contribution in [1.82, 2.24) is 14.7 Å². The fourth-order valence-electron chi connectivity index (χ4n) is 2.20. The molecule has 0 spiro atoms. The predicted octanol–water partition coefficient (Wildman–Crippen LogP) is 1.43. The molecule has 0 saturated carbocycles. The van der Waals surface area contributed by atoms with Crippen LogP contribution in [-0.4, -0.2) is 50.7 Å². The van der Waals surface area contributed by atoms with Gasteiger partial charge in [0, 0.05) is 18.9 Å². The second kappa shape index (κ2) is 5.21. The molecular formula is C13H21N3O3. The lowest BCUT2D eigenvalue weighted by molar-refractivity contribution is -0.0118. The van der Waals surface area contributed by atoms with Gasteiger partial charge >= 0.3 is 6.09 Å². The number of carbonyl (C=O) groups excluding carboxylic acids is 1. The van der Waals surface area contributed by atoms with Crippen molar-refractivity contribution in [3.63, 3.8) is 0 Å². The molecule has 0 bridgehead atoms. The third-order valence-corrected chi connectivity index (χ3v) is 3.06. The van der Waals surface area contributed by atoms with Crippen LogP contribution in [0.5, 0.6) is 0 Å². The number of aliphatic hydroxyl groups is 1. The molecule has 2 unspecified atom stereocenters. The molecule has 106 valence electrons. The number of β-amino-alcohol motifs (C(OH)–C–C–N with tert-alkyl or cyclic N) is 1. The van der Waals surface area contributed by atoms with E-state index in [4.69, 9.17) is 4.74 Å². The van der Waals surface area contributed by atoms with Crippen molar-refractivity contribution in [3.05, 3.63) is 18.5 Å². The zero-order chi connectivity index (χ0) is 14.0. The van der Waals surface area contributed by atoms with Crippen LogP contribution in [0.2, 0.25) is 0 Å². The van der Waals surface area contributed by atoms with Crippen LogP contribution in [0, 0.1) is 0 Å². The van der Waals surface area contributed by atoms with Gasteiger partial charge in [0.1, 0.15) is 5.60 Å². The Kier molecular flexibility index (Phi) is 3.80. The second-order valence-electron chi connectivity index (χ2n) is 5.84. The van der Waals surface area contributed by atoms with Crippen molar-refractivity contribution in [1.29, 1.82) is 0 Å². The van der Waals surface area contributed by atoms with Gasteiger partial charge in [0.05, 0.1) is 18.7 Å². The molecule has 6 nitrogen and oxygen atoms in total. The first-order valence-corrected chi connectivity index (χ1v) is 6.52. The number of carbonyl (C=O) groups is 1. The van der Waals surface area contributed by atoms with Crippen molar-refractivity contribution < 1.29 is 14.6 Å². The average molecular weight is 267 g/mol. The number of piperidine rings is 1. The van der Waals surface area contributed by atoms with Crippen molar-refractivity contribution in [2.24, 2.45) is 0 Å². The average Bonchev–Trinajstić information content (AvgIpc) is 2.79. The molecule has 1 fully saturated rings. The summed E-state index contributed by atoms with van der Waals surface area (Å²) in [7, 11) is 0. The van der Waals surface area contributed by atoms with Gasteiger partial charge in [-0.15, -0.1) is 0 Å². The van der Waals surface area contributed by atoms with E-state index in [2.05, 4.69) is 5.10 Å². The molecule has 0 radical (unpaired) electrons. The molecule has 6 heteroatoms. The summed E-state index contributed by atoms with van der Waals surface area (Å²) in [5.74, 6) is 0. The predicted molar refractivity (Wildman–Crippen MR) is 69.7 cm³/mol. The summed E-state index contributed by atoms with van der Waals surface area (Å²) >= 11 is 0. The van der Waals surface area contributed by atoms with Crippen molar-refractivity contribution in [3.8, 4) is 0 Å². The molecule has 1 aromatic rings. The van der Waals surface area contributed by atoms with Crippen LogP contribution in [0.1, 0.15) is 33.2 Å². The molecule has 0 aromatic carbocycles. The molecule has 0 aliphatic carbocycles. The number of ether oxygens (including phenoxy) is 1. The molecule has 1 amide bonds. The van der Waals surface area contributed by atoms with Gasteiger partial charge in [-0.3, -0.25) is 4.68 Å². The molecule has 2 atom stereocenters. The second-order valence-corrected chi connectivity index (χ2v) is 5.84. The van der Waals surface area contributed by atoms with E-state index in [0.29, 0.717) is 13.0 Å². The topological polar surface area (TPSA) is 67.6 Å². The Morgan fingerprint density at radius 1 is 1.47 bits per heavy atom. The Morgan fingerprint density at radius 2 is 2.21 bits per heavy atom. The van der Waals surface area contributed by atoms with Gasteiger partial charge in [-0.2, -0.15) is 5.10 Å². The molecule has 1 aliphatic heterocycles. The minimum absolute atomic E-state index is 0.0753. The maximum atomic E-state index is 11.9. The molecule has 1 saturated heterocycles. The quantitative estimate of drug-likeness (QED) is 0.835. The molecule has 1 aliphatic rings.